The van der Waals surface area contributed by atoms with Gasteiger partial charge in [0.1, 0.15) is 5.78 Å². The molecule has 220 valence electrons. The Kier molecular flexibility index (Phi) is 13.8. The first-order chi connectivity index (χ1) is 19.5. The predicted octanol–water partition coefficient (Wildman–Crippen LogP) is 6.60. The lowest BCUT2D eigenvalue weighted by Crippen LogP contribution is -2.21. The van der Waals surface area contributed by atoms with Gasteiger partial charge in [-0.2, -0.15) is 0 Å². The van der Waals surface area contributed by atoms with E-state index in [1.165, 1.54) is 24.8 Å². The molecule has 0 heterocycles. The Bertz CT molecular complexity index is 1070. The number of hydrogen-bond donors (Lipinski definition) is 3. The number of aliphatic hydroxyl groups is 1. The zero-order chi connectivity index (χ0) is 28.6. The summed E-state index contributed by atoms with van der Waals surface area (Å²) in [5, 5.41) is 13.5. The second-order valence-electron chi connectivity index (χ2n) is 11.0. The third-order valence-electron chi connectivity index (χ3n) is 7.67. The number of nitrogens with two attached hydrogens (primary N) is 1. The number of anilines is 1. The van der Waals surface area contributed by atoms with Gasteiger partial charge in [0.25, 0.3) is 0 Å². The van der Waals surface area contributed by atoms with Crippen molar-refractivity contribution in [1.82, 2.24) is 0 Å². The summed E-state index contributed by atoms with van der Waals surface area (Å²) in [7, 11) is 3.32. The highest BCUT2D eigenvalue weighted by Crippen LogP contribution is 2.32. The van der Waals surface area contributed by atoms with Gasteiger partial charge in [-0.15, -0.1) is 0 Å². The molecule has 1 atom stereocenters. The predicted molar refractivity (Wildman–Crippen MR) is 163 cm³/mol. The van der Waals surface area contributed by atoms with Gasteiger partial charge in [0.05, 0.1) is 19.3 Å². The number of nitrogens with one attached hydrogen (secondary N) is 1. The van der Waals surface area contributed by atoms with Gasteiger partial charge in [-0.25, -0.2) is 0 Å². The number of ether oxygens (including phenoxy) is 2. The lowest BCUT2D eigenvalue weighted by Gasteiger charge is -2.24. The normalized spacial score (nSPS) is 15.0. The third kappa shape index (κ3) is 11.6. The molecule has 0 saturated heterocycles. The second kappa shape index (κ2) is 17.6. The number of carbonyl (C=O) groups is 1. The van der Waals surface area contributed by atoms with E-state index in [2.05, 4.69) is 22.4 Å². The molecule has 1 aliphatic carbocycles. The van der Waals surface area contributed by atoms with Gasteiger partial charge in [-0.3, -0.25) is 9.79 Å². The summed E-state index contributed by atoms with van der Waals surface area (Å²) in [6.07, 6.45) is 14.0. The molecule has 0 unspecified atom stereocenters. The molecule has 1 aliphatic rings. The summed E-state index contributed by atoms with van der Waals surface area (Å²) < 4.78 is 11.7. The van der Waals surface area contributed by atoms with E-state index in [0.29, 0.717) is 25.2 Å². The number of aliphatic hydroxyl groups excluding tert-OH is 1. The van der Waals surface area contributed by atoms with Crippen LogP contribution in [0.25, 0.3) is 0 Å². The van der Waals surface area contributed by atoms with Crippen molar-refractivity contribution in [1.29, 1.82) is 0 Å². The maximum Gasteiger partial charge on any atom is 0.192 e. The first kappa shape index (κ1) is 31.5. The van der Waals surface area contributed by atoms with Crippen LogP contribution in [0.1, 0.15) is 94.6 Å². The van der Waals surface area contributed by atoms with Gasteiger partial charge >= 0.3 is 0 Å². The Hall–Kier alpha value is -3.06. The van der Waals surface area contributed by atoms with Gasteiger partial charge in [0.15, 0.2) is 17.5 Å². The van der Waals surface area contributed by atoms with E-state index < -0.39 is 6.10 Å². The minimum Gasteiger partial charge on any atom is -0.493 e. The molecule has 1 saturated carbocycles. The van der Waals surface area contributed by atoms with E-state index in [4.69, 9.17) is 15.2 Å². The number of methoxy groups -OCH3 is 1. The molecule has 2 aromatic rings. The fourth-order valence-corrected chi connectivity index (χ4v) is 5.33. The van der Waals surface area contributed by atoms with E-state index in [9.17, 15) is 9.90 Å². The van der Waals surface area contributed by atoms with E-state index in [0.717, 1.165) is 74.1 Å². The summed E-state index contributed by atoms with van der Waals surface area (Å²) in [6.45, 7) is 0. The first-order valence-corrected chi connectivity index (χ1v) is 15.1. The largest absolute Gasteiger partial charge is 0.493 e. The quantitative estimate of drug-likeness (QED) is 0.116. The minimum absolute atomic E-state index is 0.113. The van der Waals surface area contributed by atoms with Gasteiger partial charge in [-0.1, -0.05) is 50.3 Å². The van der Waals surface area contributed by atoms with Gasteiger partial charge in [-0.05, 0) is 86.8 Å². The number of guanidine groups is 1. The zero-order valence-corrected chi connectivity index (χ0v) is 24.5. The number of hydrogen-bond acceptors (Lipinski definition) is 5. The SMILES string of the molecule is CN=C(N)Nc1cccc(CCCCCCC[C@H](O)CC(=O)CCc2ccc(OC)c(OC3CCCCC3)c2)c1. The van der Waals surface area contributed by atoms with Crippen molar-refractivity contribution < 1.29 is 19.4 Å². The number of rotatable bonds is 17. The molecule has 0 radical (unpaired) electrons. The van der Waals surface area contributed by atoms with Crippen molar-refractivity contribution in [2.75, 3.05) is 19.5 Å². The molecule has 4 N–H and O–H groups in total. The van der Waals surface area contributed by atoms with Crippen molar-refractivity contribution in [2.45, 2.75) is 109 Å². The van der Waals surface area contributed by atoms with Crippen LogP contribution < -0.4 is 20.5 Å². The smallest absolute Gasteiger partial charge is 0.192 e. The van der Waals surface area contributed by atoms with Crippen LogP contribution in [-0.2, 0) is 17.6 Å². The average molecular weight is 552 g/mol. The lowest BCUT2D eigenvalue weighted by atomic mass is 9.97. The Balaban J connectivity index is 1.28. The van der Waals surface area contributed by atoms with Gasteiger partial charge in [0.2, 0.25) is 0 Å². The molecular formula is C33H49N3O4. The zero-order valence-electron chi connectivity index (χ0n) is 24.5. The van der Waals surface area contributed by atoms with Crippen LogP contribution in [0.2, 0.25) is 0 Å². The van der Waals surface area contributed by atoms with Crippen LogP contribution in [-0.4, -0.2) is 43.2 Å². The maximum absolute atomic E-state index is 12.5. The van der Waals surface area contributed by atoms with E-state index in [1.54, 1.807) is 14.2 Å². The number of nitrogens with zero attached hydrogens (tertiary/aromatic N) is 1. The first-order valence-electron chi connectivity index (χ1n) is 15.1. The van der Waals surface area contributed by atoms with Crippen LogP contribution in [0.5, 0.6) is 11.5 Å². The Morgan fingerprint density at radius 3 is 2.52 bits per heavy atom. The molecule has 40 heavy (non-hydrogen) atoms. The van der Waals surface area contributed by atoms with Crippen molar-refractivity contribution in [2.24, 2.45) is 10.7 Å². The Morgan fingerprint density at radius 1 is 1.00 bits per heavy atom. The van der Waals surface area contributed by atoms with Crippen LogP contribution in [0.4, 0.5) is 5.69 Å². The van der Waals surface area contributed by atoms with E-state index >= 15 is 0 Å². The molecule has 0 bridgehead atoms. The van der Waals surface area contributed by atoms with E-state index in [-0.39, 0.29) is 18.3 Å². The molecule has 0 aliphatic heterocycles. The molecule has 0 amide bonds. The molecule has 1 fully saturated rings. The summed E-state index contributed by atoms with van der Waals surface area (Å²) in [4.78, 5) is 16.5. The molecule has 0 spiro atoms. The van der Waals surface area contributed by atoms with Crippen molar-refractivity contribution in [3.05, 3.63) is 53.6 Å². The standard InChI is InChI=1S/C33H49N3O4/c1-35-33(34)36-27-14-11-13-25(22-27)12-7-4-3-5-8-15-28(37)24-29(38)20-18-26-19-21-31(39-2)32(23-26)40-30-16-9-6-10-17-30/h11,13-14,19,21-23,28,30,37H,3-10,12,15-18,20,24H2,1-2H3,(H3,34,35,36)/t28-/m0/s1. The number of benzene rings is 2. The van der Waals surface area contributed by atoms with Gasteiger partial charge < -0.3 is 25.6 Å². The van der Waals surface area contributed by atoms with Crippen LogP contribution in [0.15, 0.2) is 47.5 Å². The number of ketones is 1. The minimum atomic E-state index is -0.553. The number of unbranched alkanes of at least 4 members (excludes halogenated alkanes) is 4. The fourth-order valence-electron chi connectivity index (χ4n) is 5.33. The molecular weight excluding hydrogens is 502 g/mol. The lowest BCUT2D eigenvalue weighted by molar-refractivity contribution is -0.121. The molecule has 7 nitrogen and oxygen atoms in total. The third-order valence-corrected chi connectivity index (χ3v) is 7.67. The van der Waals surface area contributed by atoms with Crippen LogP contribution >= 0.6 is 0 Å². The highest BCUT2D eigenvalue weighted by atomic mass is 16.5. The topological polar surface area (TPSA) is 106 Å². The summed E-state index contributed by atoms with van der Waals surface area (Å²) in [5.74, 6) is 2.04. The molecule has 3 rings (SSSR count). The van der Waals surface area contributed by atoms with Crippen LogP contribution in [0.3, 0.4) is 0 Å². The summed E-state index contributed by atoms with van der Waals surface area (Å²) in [5.41, 5.74) is 9.05. The molecule has 0 aromatic heterocycles. The maximum atomic E-state index is 12.5. The summed E-state index contributed by atoms with van der Waals surface area (Å²) in [6, 6.07) is 14.2. The fraction of sp³-hybridized carbons (Fsp3) is 0.576. The Labute approximate surface area is 240 Å². The van der Waals surface area contributed by atoms with Crippen molar-refractivity contribution >= 4 is 17.4 Å². The van der Waals surface area contributed by atoms with Crippen molar-refractivity contribution in [3.8, 4) is 11.5 Å². The monoisotopic (exact) mass is 551 g/mol. The number of aliphatic imine (C=N–C) groups is 1. The molecule has 7 heteroatoms. The Morgan fingerprint density at radius 2 is 1.75 bits per heavy atom. The number of Topliss-reactive ketones (excluding diaryl/α,β-unsaturated/α-hetero) is 1. The molecule has 2 aromatic carbocycles. The average Bonchev–Trinajstić information content (AvgIpc) is 2.96. The number of aryl methyl sites for hydroxylation is 2. The highest BCUT2D eigenvalue weighted by molar-refractivity contribution is 5.92. The van der Waals surface area contributed by atoms with Crippen LogP contribution in [0, 0.1) is 0 Å². The second-order valence-corrected chi connectivity index (χ2v) is 11.0. The summed E-state index contributed by atoms with van der Waals surface area (Å²) >= 11 is 0. The van der Waals surface area contributed by atoms with Crippen molar-refractivity contribution in [3.63, 3.8) is 0 Å². The highest BCUT2D eigenvalue weighted by Gasteiger charge is 2.18. The number of carbonyl (C=O) groups excluding carboxylic acids is 1. The van der Waals surface area contributed by atoms with E-state index in [1.807, 2.05) is 30.3 Å². The van der Waals surface area contributed by atoms with Gasteiger partial charge in [0, 0.05) is 25.6 Å².